The molecule has 21 heavy (non-hydrogen) atoms. The molecule has 1 fully saturated rings. The van der Waals surface area contributed by atoms with Gasteiger partial charge < -0.3 is 0 Å². The van der Waals surface area contributed by atoms with Crippen molar-refractivity contribution < 1.29 is 0 Å². The van der Waals surface area contributed by atoms with E-state index in [9.17, 15) is 0 Å². The number of rotatable bonds is 3. The molecule has 1 aliphatic carbocycles. The summed E-state index contributed by atoms with van der Waals surface area (Å²) < 4.78 is 0. The minimum absolute atomic E-state index is 0.440. The Morgan fingerprint density at radius 2 is 1.86 bits per heavy atom. The Kier molecular flexibility index (Phi) is 3.62. The average molecular weight is 298 g/mol. The molecule has 106 valence electrons. The summed E-state index contributed by atoms with van der Waals surface area (Å²) in [5.41, 5.74) is 11.9. The van der Waals surface area contributed by atoms with Crippen molar-refractivity contribution in [2.45, 2.75) is 31.2 Å². The van der Waals surface area contributed by atoms with Gasteiger partial charge in [0.1, 0.15) is 0 Å². The number of hydrogen-bond donors (Lipinski definition) is 0. The summed E-state index contributed by atoms with van der Waals surface area (Å²) in [5, 5.41) is 4.86. The third-order valence-corrected chi connectivity index (χ3v) is 4.85. The van der Waals surface area contributed by atoms with Gasteiger partial charge in [0.2, 0.25) is 0 Å². The number of halogens is 1. The lowest BCUT2D eigenvalue weighted by atomic mass is 9.62. The Bertz CT molecular complexity index is 699. The van der Waals surface area contributed by atoms with E-state index in [-0.39, 0.29) is 0 Å². The molecule has 2 aromatic carbocycles. The summed E-state index contributed by atoms with van der Waals surface area (Å²) >= 11 is 6.22. The van der Waals surface area contributed by atoms with Crippen molar-refractivity contribution in [2.75, 3.05) is 0 Å². The second kappa shape index (κ2) is 5.44. The molecule has 1 saturated carbocycles. The van der Waals surface area contributed by atoms with Crippen molar-refractivity contribution in [1.82, 2.24) is 0 Å². The lowest BCUT2D eigenvalue weighted by Crippen LogP contribution is -2.38. The van der Waals surface area contributed by atoms with E-state index in [4.69, 9.17) is 17.1 Å². The number of azide groups is 1. The van der Waals surface area contributed by atoms with Gasteiger partial charge in [-0.15, -0.1) is 0 Å². The van der Waals surface area contributed by atoms with Gasteiger partial charge in [-0.3, -0.25) is 0 Å². The fourth-order valence-corrected chi connectivity index (χ4v) is 3.44. The molecule has 0 aromatic heterocycles. The van der Waals surface area contributed by atoms with Crippen molar-refractivity contribution in [3.8, 4) is 0 Å². The van der Waals surface area contributed by atoms with Crippen molar-refractivity contribution in [3.05, 3.63) is 80.7 Å². The number of benzene rings is 2. The van der Waals surface area contributed by atoms with Crippen LogP contribution in [0.15, 0.2) is 53.6 Å². The SMILES string of the molecule is Cc1c(Cl)cccc1C1(N=[N+]=[N-])CC(c2ccccc2)C1. The maximum absolute atomic E-state index is 8.97. The molecule has 0 atom stereocenters. The molecule has 3 rings (SSSR count). The third kappa shape index (κ3) is 2.39. The highest BCUT2D eigenvalue weighted by molar-refractivity contribution is 6.31. The van der Waals surface area contributed by atoms with Crippen LogP contribution in [0.4, 0.5) is 0 Å². The third-order valence-electron chi connectivity index (χ3n) is 4.44. The first-order chi connectivity index (χ1) is 10.2. The number of hydrogen-bond acceptors (Lipinski definition) is 1. The largest absolute Gasteiger partial charge is 0.0840 e. The van der Waals surface area contributed by atoms with Gasteiger partial charge in [-0.2, -0.15) is 0 Å². The van der Waals surface area contributed by atoms with Crippen LogP contribution in [0, 0.1) is 6.92 Å². The van der Waals surface area contributed by atoms with Crippen LogP contribution >= 0.6 is 11.6 Å². The van der Waals surface area contributed by atoms with Crippen molar-refractivity contribution >= 4 is 11.6 Å². The zero-order chi connectivity index (χ0) is 14.9. The van der Waals surface area contributed by atoms with Gasteiger partial charge in [-0.1, -0.05) is 59.2 Å². The van der Waals surface area contributed by atoms with E-state index in [0.29, 0.717) is 5.92 Å². The van der Waals surface area contributed by atoms with Crippen LogP contribution < -0.4 is 0 Å². The number of nitrogens with zero attached hydrogens (tertiary/aromatic N) is 3. The van der Waals surface area contributed by atoms with Crippen molar-refractivity contribution in [2.24, 2.45) is 5.11 Å². The quantitative estimate of drug-likeness (QED) is 0.394. The van der Waals surface area contributed by atoms with E-state index in [2.05, 4.69) is 22.2 Å². The standard InChI is InChI=1S/C17H16ClN3/c1-12-15(8-5-9-16(12)18)17(20-21-19)10-14(11-17)13-6-3-2-4-7-13/h2-9,14H,10-11H2,1H3. The highest BCUT2D eigenvalue weighted by atomic mass is 35.5. The molecule has 2 aromatic rings. The van der Waals surface area contributed by atoms with Gasteiger partial charge >= 0.3 is 0 Å². The van der Waals surface area contributed by atoms with E-state index in [1.54, 1.807) is 0 Å². The smallest absolute Gasteiger partial charge is 0.0752 e. The van der Waals surface area contributed by atoms with Crippen LogP contribution in [0.2, 0.25) is 5.02 Å². The molecule has 0 bridgehead atoms. The summed E-state index contributed by atoms with van der Waals surface area (Å²) in [6, 6.07) is 16.2. The van der Waals surface area contributed by atoms with Crippen LogP contribution in [0.1, 0.15) is 35.4 Å². The molecule has 0 unspecified atom stereocenters. The molecule has 4 heteroatoms. The molecule has 0 heterocycles. The molecular formula is C17H16ClN3. The summed E-state index contributed by atoms with van der Waals surface area (Å²) in [4.78, 5) is 3.09. The van der Waals surface area contributed by atoms with Gasteiger partial charge in [-0.25, -0.2) is 0 Å². The van der Waals surface area contributed by atoms with E-state index in [1.165, 1.54) is 5.56 Å². The van der Waals surface area contributed by atoms with Gasteiger partial charge in [-0.05, 0) is 54.0 Å². The summed E-state index contributed by atoms with van der Waals surface area (Å²) in [5.74, 6) is 0.440. The van der Waals surface area contributed by atoms with Crippen LogP contribution in [-0.2, 0) is 5.54 Å². The monoisotopic (exact) mass is 297 g/mol. The lowest BCUT2D eigenvalue weighted by Gasteiger charge is -2.46. The Hall–Kier alpha value is -1.96. The fourth-order valence-electron chi connectivity index (χ4n) is 3.27. The first-order valence-electron chi connectivity index (χ1n) is 7.03. The molecule has 0 spiro atoms. The predicted octanol–water partition coefficient (Wildman–Crippen LogP) is 5.73. The molecule has 1 aliphatic rings. The summed E-state index contributed by atoms with van der Waals surface area (Å²) in [7, 11) is 0. The predicted molar refractivity (Wildman–Crippen MR) is 85.4 cm³/mol. The van der Waals surface area contributed by atoms with E-state index in [1.807, 2.05) is 43.3 Å². The first kappa shape index (κ1) is 14.0. The Morgan fingerprint density at radius 1 is 1.14 bits per heavy atom. The van der Waals surface area contributed by atoms with Gasteiger partial charge in [0.15, 0.2) is 0 Å². The zero-order valence-electron chi connectivity index (χ0n) is 11.8. The lowest BCUT2D eigenvalue weighted by molar-refractivity contribution is 0.208. The molecule has 0 N–H and O–H groups in total. The Morgan fingerprint density at radius 3 is 2.52 bits per heavy atom. The maximum Gasteiger partial charge on any atom is 0.0752 e. The van der Waals surface area contributed by atoms with Gasteiger partial charge in [0, 0.05) is 9.93 Å². The fraction of sp³-hybridized carbons (Fsp3) is 0.294. The summed E-state index contributed by atoms with van der Waals surface area (Å²) in [6.45, 7) is 1.99. The van der Waals surface area contributed by atoms with E-state index in [0.717, 1.165) is 29.0 Å². The topological polar surface area (TPSA) is 48.8 Å². The normalized spacial score (nSPS) is 24.0. The van der Waals surface area contributed by atoms with Crippen LogP contribution in [0.5, 0.6) is 0 Å². The first-order valence-corrected chi connectivity index (χ1v) is 7.41. The molecule has 0 aliphatic heterocycles. The van der Waals surface area contributed by atoms with Gasteiger partial charge in [0.05, 0.1) is 5.54 Å². The second-order valence-electron chi connectivity index (χ2n) is 5.65. The Labute approximate surface area is 129 Å². The average Bonchev–Trinajstić information content (AvgIpc) is 2.47. The van der Waals surface area contributed by atoms with E-state index < -0.39 is 5.54 Å². The second-order valence-corrected chi connectivity index (χ2v) is 6.06. The highest BCUT2D eigenvalue weighted by Gasteiger charge is 2.46. The molecular weight excluding hydrogens is 282 g/mol. The molecule has 3 nitrogen and oxygen atoms in total. The minimum atomic E-state index is -0.454. The van der Waals surface area contributed by atoms with Crippen molar-refractivity contribution in [3.63, 3.8) is 0 Å². The zero-order valence-corrected chi connectivity index (χ0v) is 12.6. The molecule has 0 radical (unpaired) electrons. The molecule has 0 amide bonds. The van der Waals surface area contributed by atoms with Crippen LogP contribution in [-0.4, -0.2) is 0 Å². The maximum atomic E-state index is 8.97. The van der Waals surface area contributed by atoms with Gasteiger partial charge in [0.25, 0.3) is 0 Å². The minimum Gasteiger partial charge on any atom is -0.0840 e. The van der Waals surface area contributed by atoms with Crippen LogP contribution in [0.3, 0.4) is 0 Å². The summed E-state index contributed by atoms with van der Waals surface area (Å²) in [6.07, 6.45) is 1.67. The Balaban J connectivity index is 1.94. The van der Waals surface area contributed by atoms with Crippen LogP contribution in [0.25, 0.3) is 10.4 Å². The van der Waals surface area contributed by atoms with E-state index >= 15 is 0 Å². The van der Waals surface area contributed by atoms with Crippen molar-refractivity contribution in [1.29, 1.82) is 0 Å². The molecule has 0 saturated heterocycles. The highest BCUT2D eigenvalue weighted by Crippen LogP contribution is 2.54.